The van der Waals surface area contributed by atoms with Crippen LogP contribution in [0.25, 0.3) is 0 Å². The van der Waals surface area contributed by atoms with Gasteiger partial charge in [-0.1, -0.05) is 6.07 Å². The molecule has 0 atom stereocenters. The summed E-state index contributed by atoms with van der Waals surface area (Å²) in [7, 11) is 6.09. The van der Waals surface area contributed by atoms with E-state index in [0.29, 0.717) is 6.04 Å². The lowest BCUT2D eigenvalue weighted by molar-refractivity contribution is 0.202. The van der Waals surface area contributed by atoms with Crippen molar-refractivity contribution in [2.24, 2.45) is 0 Å². The van der Waals surface area contributed by atoms with Crippen molar-refractivity contribution in [3.05, 3.63) is 41.9 Å². The summed E-state index contributed by atoms with van der Waals surface area (Å²) in [6.07, 6.45) is 6.01. The zero-order valence-electron chi connectivity index (χ0n) is 15.7. The molecule has 1 saturated heterocycles. The number of likely N-dealkylation sites (tertiary alicyclic amines) is 1. The van der Waals surface area contributed by atoms with Gasteiger partial charge in [-0.05, 0) is 37.5 Å². The SMILES string of the molecule is Cc1ncccc1CN1CCC(N(C)c2ccnc(N(C)C)n2)CC1. The van der Waals surface area contributed by atoms with Crippen molar-refractivity contribution in [3.63, 3.8) is 0 Å². The maximum absolute atomic E-state index is 4.66. The Morgan fingerprint density at radius 1 is 1.08 bits per heavy atom. The summed E-state index contributed by atoms with van der Waals surface area (Å²) in [4.78, 5) is 20.1. The highest BCUT2D eigenvalue weighted by Crippen LogP contribution is 2.22. The minimum Gasteiger partial charge on any atom is -0.356 e. The van der Waals surface area contributed by atoms with Crippen molar-refractivity contribution in [1.82, 2.24) is 19.9 Å². The maximum Gasteiger partial charge on any atom is 0.226 e. The molecule has 1 aliphatic heterocycles. The second-order valence-electron chi connectivity index (χ2n) is 6.98. The molecule has 0 N–H and O–H groups in total. The van der Waals surface area contributed by atoms with Gasteiger partial charge in [0.1, 0.15) is 5.82 Å². The first-order valence-electron chi connectivity index (χ1n) is 8.90. The molecule has 0 amide bonds. The highest BCUT2D eigenvalue weighted by molar-refractivity contribution is 5.43. The number of nitrogens with zero attached hydrogens (tertiary/aromatic N) is 6. The van der Waals surface area contributed by atoms with E-state index in [0.717, 1.165) is 49.9 Å². The summed E-state index contributed by atoms with van der Waals surface area (Å²) in [5.41, 5.74) is 2.47. The van der Waals surface area contributed by atoms with Gasteiger partial charge < -0.3 is 9.80 Å². The number of hydrogen-bond donors (Lipinski definition) is 0. The minimum atomic E-state index is 0.524. The van der Waals surface area contributed by atoms with E-state index in [4.69, 9.17) is 0 Å². The molecule has 6 heteroatoms. The molecule has 0 aromatic carbocycles. The number of piperidine rings is 1. The second kappa shape index (κ2) is 7.78. The highest BCUT2D eigenvalue weighted by atomic mass is 15.3. The maximum atomic E-state index is 4.66. The molecule has 3 rings (SSSR count). The summed E-state index contributed by atoms with van der Waals surface area (Å²) < 4.78 is 0. The molecular formula is C19H28N6. The molecule has 2 aromatic rings. The lowest BCUT2D eigenvalue weighted by Crippen LogP contribution is -2.43. The Labute approximate surface area is 150 Å². The van der Waals surface area contributed by atoms with E-state index in [1.54, 1.807) is 0 Å². The van der Waals surface area contributed by atoms with Gasteiger partial charge in [0.05, 0.1) is 0 Å². The molecular weight excluding hydrogens is 312 g/mol. The molecule has 25 heavy (non-hydrogen) atoms. The molecule has 0 radical (unpaired) electrons. The van der Waals surface area contributed by atoms with Crippen molar-refractivity contribution in [3.8, 4) is 0 Å². The molecule has 1 fully saturated rings. The molecule has 0 saturated carbocycles. The van der Waals surface area contributed by atoms with Crippen LogP contribution in [0.2, 0.25) is 0 Å². The van der Waals surface area contributed by atoms with E-state index in [-0.39, 0.29) is 0 Å². The number of pyridine rings is 1. The van der Waals surface area contributed by atoms with Crippen LogP contribution in [0.1, 0.15) is 24.1 Å². The van der Waals surface area contributed by atoms with E-state index in [1.165, 1.54) is 5.56 Å². The molecule has 3 heterocycles. The summed E-state index contributed by atoms with van der Waals surface area (Å²) >= 11 is 0. The third-order valence-electron chi connectivity index (χ3n) is 5.00. The Morgan fingerprint density at radius 2 is 1.84 bits per heavy atom. The topological polar surface area (TPSA) is 48.4 Å². The Kier molecular flexibility index (Phi) is 5.48. The van der Waals surface area contributed by atoms with Crippen molar-refractivity contribution in [2.45, 2.75) is 32.4 Å². The normalized spacial score (nSPS) is 16.0. The van der Waals surface area contributed by atoms with Gasteiger partial charge in [-0.2, -0.15) is 4.98 Å². The fourth-order valence-electron chi connectivity index (χ4n) is 3.33. The summed E-state index contributed by atoms with van der Waals surface area (Å²) in [6, 6.07) is 6.74. The zero-order valence-corrected chi connectivity index (χ0v) is 15.7. The van der Waals surface area contributed by atoms with Gasteiger partial charge in [-0.15, -0.1) is 0 Å². The van der Waals surface area contributed by atoms with Gasteiger partial charge in [0.15, 0.2) is 0 Å². The summed E-state index contributed by atoms with van der Waals surface area (Å²) in [5, 5.41) is 0. The number of anilines is 2. The van der Waals surface area contributed by atoms with Crippen LogP contribution in [0.5, 0.6) is 0 Å². The number of hydrogen-bond acceptors (Lipinski definition) is 6. The fourth-order valence-corrected chi connectivity index (χ4v) is 3.33. The minimum absolute atomic E-state index is 0.524. The monoisotopic (exact) mass is 340 g/mol. The quantitative estimate of drug-likeness (QED) is 0.833. The van der Waals surface area contributed by atoms with Gasteiger partial charge in [-0.3, -0.25) is 9.88 Å². The van der Waals surface area contributed by atoms with Crippen LogP contribution in [-0.4, -0.2) is 60.1 Å². The van der Waals surface area contributed by atoms with Crippen molar-refractivity contribution < 1.29 is 0 Å². The molecule has 1 aliphatic rings. The fraction of sp³-hybridized carbons (Fsp3) is 0.526. The third-order valence-corrected chi connectivity index (χ3v) is 5.00. The molecule has 2 aromatic heterocycles. The van der Waals surface area contributed by atoms with Crippen LogP contribution in [-0.2, 0) is 6.54 Å². The van der Waals surface area contributed by atoms with Gasteiger partial charge in [0, 0.05) is 64.9 Å². The molecule has 6 nitrogen and oxygen atoms in total. The summed E-state index contributed by atoms with van der Waals surface area (Å²) in [6.45, 7) is 5.30. The molecule has 0 bridgehead atoms. The van der Waals surface area contributed by atoms with E-state index in [9.17, 15) is 0 Å². The standard InChI is InChI=1S/C19H28N6/c1-15-16(6-5-10-20-15)14-25-12-8-17(9-13-25)24(4)18-7-11-21-19(22-18)23(2)3/h5-7,10-11,17H,8-9,12-14H2,1-4H3. The molecule has 0 spiro atoms. The average Bonchev–Trinajstić information content (AvgIpc) is 2.64. The Morgan fingerprint density at radius 3 is 2.52 bits per heavy atom. The predicted molar refractivity (Wildman–Crippen MR) is 102 cm³/mol. The molecule has 0 unspecified atom stereocenters. The van der Waals surface area contributed by atoms with E-state index in [2.05, 4.69) is 44.8 Å². The third kappa shape index (κ3) is 4.25. The van der Waals surface area contributed by atoms with Gasteiger partial charge in [-0.25, -0.2) is 4.98 Å². The van der Waals surface area contributed by atoms with Gasteiger partial charge in [0.2, 0.25) is 5.95 Å². The predicted octanol–water partition coefficient (Wildman–Crippen LogP) is 2.35. The lowest BCUT2D eigenvalue weighted by atomic mass is 10.0. The first-order chi connectivity index (χ1) is 12.0. The van der Waals surface area contributed by atoms with Gasteiger partial charge in [0.25, 0.3) is 0 Å². The van der Waals surface area contributed by atoms with Crippen LogP contribution < -0.4 is 9.80 Å². The van der Waals surface area contributed by atoms with Crippen molar-refractivity contribution in [2.75, 3.05) is 44.0 Å². The van der Waals surface area contributed by atoms with Crippen LogP contribution in [0.15, 0.2) is 30.6 Å². The highest BCUT2D eigenvalue weighted by Gasteiger charge is 2.24. The number of aryl methyl sites for hydroxylation is 1. The molecule has 134 valence electrons. The molecule has 0 aliphatic carbocycles. The zero-order chi connectivity index (χ0) is 17.8. The Bertz CT molecular complexity index is 694. The Balaban J connectivity index is 1.58. The van der Waals surface area contributed by atoms with Crippen molar-refractivity contribution in [1.29, 1.82) is 0 Å². The van der Waals surface area contributed by atoms with E-state index >= 15 is 0 Å². The first-order valence-corrected chi connectivity index (χ1v) is 8.90. The van der Waals surface area contributed by atoms with Gasteiger partial charge >= 0.3 is 0 Å². The second-order valence-corrected chi connectivity index (χ2v) is 6.98. The average molecular weight is 340 g/mol. The van der Waals surface area contributed by atoms with Crippen LogP contribution in [0.4, 0.5) is 11.8 Å². The van der Waals surface area contributed by atoms with Crippen molar-refractivity contribution >= 4 is 11.8 Å². The lowest BCUT2D eigenvalue weighted by Gasteiger charge is -2.37. The Hall–Kier alpha value is -2.21. The number of rotatable bonds is 5. The van der Waals surface area contributed by atoms with E-state index < -0.39 is 0 Å². The van der Waals surface area contributed by atoms with Crippen LogP contribution >= 0.6 is 0 Å². The van der Waals surface area contributed by atoms with E-state index in [1.807, 2.05) is 43.5 Å². The smallest absolute Gasteiger partial charge is 0.226 e. The van der Waals surface area contributed by atoms with Crippen LogP contribution in [0, 0.1) is 6.92 Å². The summed E-state index contributed by atoms with van der Waals surface area (Å²) in [5.74, 6) is 1.76. The van der Waals surface area contributed by atoms with Crippen LogP contribution in [0.3, 0.4) is 0 Å². The largest absolute Gasteiger partial charge is 0.356 e. The number of aromatic nitrogens is 3. The first kappa shape index (κ1) is 17.6.